The number of pyridine rings is 1. The summed E-state index contributed by atoms with van der Waals surface area (Å²) in [5.74, 6) is 2.06. The number of fused-ring (bicyclic) bond motifs is 9. The van der Waals surface area contributed by atoms with Crippen molar-refractivity contribution in [3.63, 3.8) is 0 Å². The molecular formula is C62H54BN5O. The Labute approximate surface area is 406 Å². The first-order chi connectivity index (χ1) is 33.5. The van der Waals surface area contributed by atoms with Crippen molar-refractivity contribution in [2.75, 3.05) is 26.1 Å². The van der Waals surface area contributed by atoms with Crippen LogP contribution in [0.1, 0.15) is 52.7 Å². The SMILES string of the molecule is CC(C)(C)c1cc(-c2cccc(-c3ccccc3)c2N2CN(c3cccc(Oc4cccc(N5B6c7ccccc7-c7ccccc7N6c6ccccc65)n4)c3)c3ccccc32)cc(C(C)(C)C)c1. The lowest BCUT2D eigenvalue weighted by Gasteiger charge is -2.36. The quantitative estimate of drug-likeness (QED) is 0.148. The van der Waals surface area contributed by atoms with Crippen LogP contribution < -0.4 is 29.6 Å². The number of anilines is 8. The molecule has 69 heavy (non-hydrogen) atoms. The summed E-state index contributed by atoms with van der Waals surface area (Å²) in [5.41, 5.74) is 19.1. The molecule has 336 valence electrons. The van der Waals surface area contributed by atoms with Gasteiger partial charge in [0.15, 0.2) is 0 Å². The van der Waals surface area contributed by atoms with Gasteiger partial charge in [-0.15, -0.1) is 0 Å². The smallest absolute Gasteiger partial charge is 0.422 e. The molecule has 8 aromatic carbocycles. The molecule has 1 aromatic heterocycles. The van der Waals surface area contributed by atoms with Crippen LogP contribution in [-0.4, -0.2) is 18.6 Å². The van der Waals surface area contributed by atoms with E-state index >= 15 is 0 Å². The topological polar surface area (TPSA) is 35.1 Å². The second-order valence-corrected chi connectivity index (χ2v) is 20.5. The third kappa shape index (κ3) is 7.32. The summed E-state index contributed by atoms with van der Waals surface area (Å²) < 4.78 is 6.77. The molecule has 0 atom stereocenters. The van der Waals surface area contributed by atoms with Crippen LogP contribution >= 0.6 is 0 Å². The third-order valence-corrected chi connectivity index (χ3v) is 14.0. The minimum absolute atomic E-state index is 0.0243. The highest BCUT2D eigenvalue weighted by Gasteiger charge is 2.48. The fourth-order valence-corrected chi connectivity index (χ4v) is 10.5. The largest absolute Gasteiger partial charge is 0.439 e. The van der Waals surface area contributed by atoms with Crippen LogP contribution in [0.4, 0.5) is 45.6 Å². The van der Waals surface area contributed by atoms with E-state index < -0.39 is 0 Å². The van der Waals surface area contributed by atoms with E-state index in [4.69, 9.17) is 9.72 Å². The summed E-state index contributed by atoms with van der Waals surface area (Å²) >= 11 is 0. The third-order valence-electron chi connectivity index (χ3n) is 14.0. The Hall–Kier alpha value is -8.03. The number of para-hydroxylation sites is 6. The zero-order valence-electron chi connectivity index (χ0n) is 40.1. The lowest BCUT2D eigenvalue weighted by Crippen LogP contribution is -2.55. The number of benzene rings is 8. The maximum atomic E-state index is 6.77. The van der Waals surface area contributed by atoms with Crippen LogP contribution in [0.25, 0.3) is 33.4 Å². The predicted octanol–water partition coefficient (Wildman–Crippen LogP) is 15.7. The van der Waals surface area contributed by atoms with Gasteiger partial charge in [0, 0.05) is 40.2 Å². The van der Waals surface area contributed by atoms with Gasteiger partial charge in [0.1, 0.15) is 18.2 Å². The van der Waals surface area contributed by atoms with Crippen LogP contribution in [0.2, 0.25) is 0 Å². The van der Waals surface area contributed by atoms with Crippen LogP contribution in [0.15, 0.2) is 206 Å². The number of hydrogen-bond acceptors (Lipinski definition) is 6. The molecule has 6 nitrogen and oxygen atoms in total. The number of aromatic nitrogens is 1. The van der Waals surface area contributed by atoms with Crippen LogP contribution in [0.3, 0.4) is 0 Å². The Morgan fingerprint density at radius 1 is 0.435 bits per heavy atom. The minimum atomic E-state index is -0.117. The maximum Gasteiger partial charge on any atom is 0.422 e. The Morgan fingerprint density at radius 3 is 1.70 bits per heavy atom. The monoisotopic (exact) mass is 895 g/mol. The molecule has 7 heteroatoms. The molecule has 4 heterocycles. The van der Waals surface area contributed by atoms with Crippen LogP contribution in [-0.2, 0) is 10.8 Å². The second kappa shape index (κ2) is 16.3. The van der Waals surface area contributed by atoms with Crippen molar-refractivity contribution >= 4 is 58.1 Å². The summed E-state index contributed by atoms with van der Waals surface area (Å²) in [6.07, 6.45) is 0. The summed E-state index contributed by atoms with van der Waals surface area (Å²) in [6.45, 7) is 14.4. The summed E-state index contributed by atoms with van der Waals surface area (Å²) in [5, 5.41) is 0. The van der Waals surface area contributed by atoms with E-state index in [0.29, 0.717) is 18.3 Å². The molecule has 0 saturated heterocycles. The first-order valence-corrected chi connectivity index (χ1v) is 24.1. The molecule has 0 spiro atoms. The molecule has 0 saturated carbocycles. The molecule has 12 rings (SSSR count). The lowest BCUT2D eigenvalue weighted by atomic mass is 9.59. The van der Waals surface area contributed by atoms with E-state index in [2.05, 4.69) is 249 Å². The van der Waals surface area contributed by atoms with Gasteiger partial charge in [0.25, 0.3) is 0 Å². The molecule has 0 N–H and O–H groups in total. The number of nitrogens with zero attached hydrogens (tertiary/aromatic N) is 5. The van der Waals surface area contributed by atoms with Crippen molar-refractivity contribution in [2.24, 2.45) is 0 Å². The van der Waals surface area contributed by atoms with Crippen molar-refractivity contribution in [3.8, 4) is 45.0 Å². The molecule has 0 bridgehead atoms. The average Bonchev–Trinajstić information content (AvgIpc) is 3.93. The molecule has 0 fully saturated rings. The van der Waals surface area contributed by atoms with E-state index in [0.717, 1.165) is 34.3 Å². The lowest BCUT2D eigenvalue weighted by molar-refractivity contribution is 0.463. The van der Waals surface area contributed by atoms with Gasteiger partial charge in [-0.1, -0.05) is 187 Å². The molecule has 3 aliphatic rings. The molecule has 3 aliphatic heterocycles. The van der Waals surface area contributed by atoms with E-state index in [-0.39, 0.29) is 17.8 Å². The summed E-state index contributed by atoms with van der Waals surface area (Å²) in [7, 11) is 0. The summed E-state index contributed by atoms with van der Waals surface area (Å²) in [6, 6.07) is 74.3. The molecule has 0 radical (unpaired) electrons. The highest BCUT2D eigenvalue weighted by Crippen LogP contribution is 2.53. The zero-order valence-corrected chi connectivity index (χ0v) is 40.1. The van der Waals surface area contributed by atoms with Crippen molar-refractivity contribution in [1.29, 1.82) is 0 Å². The highest BCUT2D eigenvalue weighted by molar-refractivity contribution is 6.86. The van der Waals surface area contributed by atoms with E-state index in [1.165, 1.54) is 61.3 Å². The standard InChI is InChI=1S/C62H54BN5O/c1-61(2,3)44-37-43(38-45(39-44)62(4,5)6)49-28-19-27-48(42-21-8-7-9-22-42)60(49)66-41-65(54-31-14-15-32-55(54)66)46-23-18-24-47(40-46)69-59-36-20-35-58(64-59)68-57-34-17-16-33-56(57)67-53-30-13-11-26-51(53)50-25-10-12-29-52(50)63(67)68/h7-40H,41H2,1-6H3. The number of rotatable bonds is 7. The van der Waals surface area contributed by atoms with Crippen molar-refractivity contribution in [2.45, 2.75) is 52.4 Å². The Bertz CT molecular complexity index is 3400. The van der Waals surface area contributed by atoms with Crippen LogP contribution in [0.5, 0.6) is 11.6 Å². The Morgan fingerprint density at radius 2 is 0.986 bits per heavy atom. The fourth-order valence-electron chi connectivity index (χ4n) is 10.5. The van der Waals surface area contributed by atoms with E-state index in [9.17, 15) is 0 Å². The van der Waals surface area contributed by atoms with E-state index in [1.807, 2.05) is 18.2 Å². The average molecular weight is 896 g/mol. The van der Waals surface area contributed by atoms with Gasteiger partial charge in [0.2, 0.25) is 5.88 Å². The zero-order chi connectivity index (χ0) is 47.0. The second-order valence-electron chi connectivity index (χ2n) is 20.5. The van der Waals surface area contributed by atoms with Gasteiger partial charge in [-0.3, -0.25) is 0 Å². The predicted molar refractivity (Wildman–Crippen MR) is 289 cm³/mol. The minimum Gasteiger partial charge on any atom is -0.439 e. The number of ether oxygens (including phenoxy) is 1. The van der Waals surface area contributed by atoms with Crippen molar-refractivity contribution in [1.82, 2.24) is 4.98 Å². The van der Waals surface area contributed by atoms with Crippen molar-refractivity contribution in [3.05, 3.63) is 217 Å². The van der Waals surface area contributed by atoms with Gasteiger partial charge >= 0.3 is 6.98 Å². The van der Waals surface area contributed by atoms with Gasteiger partial charge in [0.05, 0.1) is 28.4 Å². The van der Waals surface area contributed by atoms with Crippen molar-refractivity contribution < 1.29 is 4.74 Å². The highest BCUT2D eigenvalue weighted by atomic mass is 16.5. The molecular weight excluding hydrogens is 842 g/mol. The Balaban J connectivity index is 0.912. The molecule has 0 amide bonds. The summed E-state index contributed by atoms with van der Waals surface area (Å²) in [4.78, 5) is 15.0. The molecule has 0 aliphatic carbocycles. The fraction of sp³-hybridized carbons (Fsp3) is 0.145. The van der Waals surface area contributed by atoms with Crippen LogP contribution in [0, 0.1) is 0 Å². The van der Waals surface area contributed by atoms with Gasteiger partial charge in [-0.25, -0.2) is 0 Å². The number of hydrogen-bond donors (Lipinski definition) is 0. The first-order valence-electron chi connectivity index (χ1n) is 24.1. The Kier molecular flexibility index (Phi) is 10.0. The van der Waals surface area contributed by atoms with E-state index in [1.54, 1.807) is 0 Å². The first kappa shape index (κ1) is 42.3. The maximum absolute atomic E-state index is 6.77. The molecule has 0 unspecified atom stereocenters. The normalized spacial score (nSPS) is 13.7. The van der Waals surface area contributed by atoms with Gasteiger partial charge < -0.3 is 24.2 Å². The van der Waals surface area contributed by atoms with Gasteiger partial charge in [-0.05, 0) is 92.6 Å². The van der Waals surface area contributed by atoms with Gasteiger partial charge in [-0.2, -0.15) is 4.98 Å². The molecule has 9 aromatic rings.